The molecule has 0 aliphatic rings. The van der Waals surface area contributed by atoms with Crippen LogP contribution in [0.4, 0.5) is 5.69 Å². The van der Waals surface area contributed by atoms with Crippen molar-refractivity contribution in [1.82, 2.24) is 9.99 Å². The van der Waals surface area contributed by atoms with Crippen LogP contribution in [0.1, 0.15) is 29.4 Å². The molecule has 1 amide bonds. The Morgan fingerprint density at radius 3 is 2.29 bits per heavy atom. The van der Waals surface area contributed by atoms with E-state index in [1.54, 1.807) is 48.5 Å². The molecule has 0 atom stereocenters. The third-order valence-electron chi connectivity index (χ3n) is 6.36. The number of ether oxygens (including phenoxy) is 1. The topological polar surface area (TPSA) is 93.0 Å². The summed E-state index contributed by atoms with van der Waals surface area (Å²) in [5, 5.41) is 5.01. The van der Waals surface area contributed by atoms with E-state index >= 15 is 0 Å². The number of benzene rings is 3. The fourth-order valence-corrected chi connectivity index (χ4v) is 6.02. The average molecular weight is 614 g/mol. The van der Waals surface area contributed by atoms with E-state index in [2.05, 4.69) is 10.5 Å². The van der Waals surface area contributed by atoms with Crippen molar-refractivity contribution < 1.29 is 17.9 Å². The van der Waals surface area contributed by atoms with E-state index in [0.29, 0.717) is 28.1 Å². The van der Waals surface area contributed by atoms with Crippen LogP contribution < -0.4 is 14.5 Å². The van der Waals surface area contributed by atoms with E-state index in [9.17, 15) is 13.2 Å². The van der Waals surface area contributed by atoms with Gasteiger partial charge in [0.05, 0.1) is 33.4 Å². The summed E-state index contributed by atoms with van der Waals surface area (Å²) >= 11 is 12.3. The van der Waals surface area contributed by atoms with Crippen LogP contribution in [0.2, 0.25) is 10.0 Å². The molecule has 0 spiro atoms. The van der Waals surface area contributed by atoms with Gasteiger partial charge in [-0.05, 0) is 88.4 Å². The first-order chi connectivity index (χ1) is 19.5. The second-order valence-corrected chi connectivity index (χ2v) is 12.0. The van der Waals surface area contributed by atoms with Crippen LogP contribution in [-0.4, -0.2) is 38.3 Å². The molecule has 4 rings (SSSR count). The molecule has 8 nitrogen and oxygen atoms in total. The van der Waals surface area contributed by atoms with Gasteiger partial charge in [0.1, 0.15) is 12.3 Å². The van der Waals surface area contributed by atoms with Gasteiger partial charge in [0.15, 0.2) is 0 Å². The zero-order chi connectivity index (χ0) is 29.7. The van der Waals surface area contributed by atoms with Gasteiger partial charge in [0.2, 0.25) is 0 Å². The van der Waals surface area contributed by atoms with Crippen LogP contribution >= 0.6 is 23.2 Å². The lowest BCUT2D eigenvalue weighted by atomic mass is 10.2. The smallest absolute Gasteiger partial charge is 0.264 e. The summed E-state index contributed by atoms with van der Waals surface area (Å²) in [4.78, 5) is 13.1. The van der Waals surface area contributed by atoms with Crippen LogP contribution in [0, 0.1) is 20.8 Å². The average Bonchev–Trinajstić information content (AvgIpc) is 3.22. The number of carbonyl (C=O) groups excluding carboxylic acids is 1. The van der Waals surface area contributed by atoms with Gasteiger partial charge in [0, 0.05) is 22.6 Å². The number of aromatic nitrogens is 1. The number of hydrogen-bond donors (Lipinski definition) is 1. The highest BCUT2D eigenvalue weighted by molar-refractivity contribution is 7.92. The zero-order valence-corrected chi connectivity index (χ0v) is 25.4. The molecule has 1 aromatic heterocycles. The second-order valence-electron chi connectivity index (χ2n) is 9.31. The van der Waals surface area contributed by atoms with E-state index in [1.807, 2.05) is 44.4 Å². The number of aryl methyl sites for hydroxylation is 2. The number of amides is 1. The van der Waals surface area contributed by atoms with Crippen LogP contribution in [0.25, 0.3) is 5.69 Å². The molecular weight excluding hydrogens is 583 g/mol. The summed E-state index contributed by atoms with van der Waals surface area (Å²) in [5.41, 5.74) is 7.11. The molecule has 214 valence electrons. The van der Waals surface area contributed by atoms with Crippen LogP contribution in [-0.2, 0) is 14.8 Å². The first kappa shape index (κ1) is 30.2. The number of nitrogens with zero attached hydrogens (tertiary/aromatic N) is 3. The SMILES string of the molecule is CCOc1ccc(N(CC(=O)N/N=C\c2cc(C)n(-c3ccc(Cl)c(Cl)c3)c2C)S(=O)(=O)c2ccc(C)cc2)cc1. The van der Waals surface area contributed by atoms with E-state index in [-0.39, 0.29) is 4.90 Å². The molecule has 41 heavy (non-hydrogen) atoms. The number of rotatable bonds is 10. The summed E-state index contributed by atoms with van der Waals surface area (Å²) in [6, 6.07) is 20.3. The normalized spacial score (nSPS) is 11.6. The number of sulfonamides is 1. The van der Waals surface area contributed by atoms with E-state index in [4.69, 9.17) is 27.9 Å². The number of nitrogens with one attached hydrogen (secondary N) is 1. The Balaban J connectivity index is 1.56. The maximum absolute atomic E-state index is 13.6. The van der Waals surface area contributed by atoms with Gasteiger partial charge in [-0.1, -0.05) is 40.9 Å². The largest absolute Gasteiger partial charge is 0.494 e. The third kappa shape index (κ3) is 6.93. The highest BCUT2D eigenvalue weighted by Gasteiger charge is 2.27. The molecule has 3 aromatic carbocycles. The van der Waals surface area contributed by atoms with Crippen molar-refractivity contribution in [2.45, 2.75) is 32.6 Å². The first-order valence-electron chi connectivity index (χ1n) is 12.8. The van der Waals surface area contributed by atoms with Gasteiger partial charge in [-0.3, -0.25) is 9.10 Å². The van der Waals surface area contributed by atoms with Crippen LogP contribution in [0.3, 0.4) is 0 Å². The van der Waals surface area contributed by atoms with Gasteiger partial charge in [-0.15, -0.1) is 0 Å². The maximum Gasteiger partial charge on any atom is 0.264 e. The minimum atomic E-state index is -4.06. The molecule has 0 fully saturated rings. The predicted octanol–water partition coefficient (Wildman–Crippen LogP) is 6.45. The molecular formula is C30H30Cl2N4O4S. The van der Waals surface area contributed by atoms with E-state index in [1.165, 1.54) is 18.3 Å². The monoisotopic (exact) mass is 612 g/mol. The number of halogens is 2. The van der Waals surface area contributed by atoms with Crippen molar-refractivity contribution in [2.24, 2.45) is 5.10 Å². The molecule has 11 heteroatoms. The van der Waals surface area contributed by atoms with Crippen molar-refractivity contribution >= 4 is 51.0 Å². The van der Waals surface area contributed by atoms with Crippen molar-refractivity contribution in [1.29, 1.82) is 0 Å². The van der Waals surface area contributed by atoms with Gasteiger partial charge >= 0.3 is 0 Å². The second kappa shape index (κ2) is 12.8. The molecule has 0 saturated heterocycles. The maximum atomic E-state index is 13.6. The fraction of sp³-hybridized carbons (Fsp3) is 0.200. The van der Waals surface area contributed by atoms with Crippen molar-refractivity contribution in [3.05, 3.63) is 105 Å². The minimum Gasteiger partial charge on any atom is -0.494 e. The van der Waals surface area contributed by atoms with E-state index < -0.39 is 22.5 Å². The number of hydrogen-bond acceptors (Lipinski definition) is 5. The lowest BCUT2D eigenvalue weighted by molar-refractivity contribution is -0.119. The van der Waals surface area contributed by atoms with Crippen LogP contribution in [0.5, 0.6) is 5.75 Å². The van der Waals surface area contributed by atoms with Crippen molar-refractivity contribution in [3.63, 3.8) is 0 Å². The summed E-state index contributed by atoms with van der Waals surface area (Å²) in [7, 11) is -4.06. The van der Waals surface area contributed by atoms with Crippen molar-refractivity contribution in [3.8, 4) is 11.4 Å². The Labute approximate surface area is 250 Å². The standard InChI is InChI=1S/C30H30Cl2N4O4S/c1-5-40-26-11-8-24(9-12-26)35(41(38,39)27-13-6-20(2)7-14-27)19-30(37)34-33-18-23-16-21(3)36(22(23)4)25-10-15-28(31)29(32)17-25/h6-18H,5,19H2,1-4H3,(H,34,37)/b33-18-. The Morgan fingerprint density at radius 1 is 0.976 bits per heavy atom. The highest BCUT2D eigenvalue weighted by atomic mass is 35.5. The first-order valence-corrected chi connectivity index (χ1v) is 15.0. The van der Waals surface area contributed by atoms with Crippen LogP contribution in [0.15, 0.2) is 82.8 Å². The Hall–Kier alpha value is -3.79. The summed E-state index contributed by atoms with van der Waals surface area (Å²) < 4.78 is 35.7. The quantitative estimate of drug-likeness (QED) is 0.164. The summed E-state index contributed by atoms with van der Waals surface area (Å²) in [6.45, 7) is 7.58. The molecule has 1 heterocycles. The van der Waals surface area contributed by atoms with Gasteiger partial charge in [-0.2, -0.15) is 5.10 Å². The lowest BCUT2D eigenvalue weighted by Gasteiger charge is -2.24. The molecule has 0 bridgehead atoms. The van der Waals surface area contributed by atoms with Gasteiger partial charge in [0.25, 0.3) is 15.9 Å². The molecule has 0 radical (unpaired) electrons. The Kier molecular flexibility index (Phi) is 9.42. The number of carbonyl (C=O) groups is 1. The third-order valence-corrected chi connectivity index (χ3v) is 8.88. The molecule has 0 aliphatic carbocycles. The predicted molar refractivity (Wildman–Crippen MR) is 164 cm³/mol. The highest BCUT2D eigenvalue weighted by Crippen LogP contribution is 2.28. The van der Waals surface area contributed by atoms with Crippen molar-refractivity contribution in [2.75, 3.05) is 17.5 Å². The zero-order valence-electron chi connectivity index (χ0n) is 23.1. The molecule has 0 saturated carbocycles. The molecule has 0 unspecified atom stereocenters. The fourth-order valence-electron chi connectivity index (χ4n) is 4.31. The van der Waals surface area contributed by atoms with E-state index in [0.717, 1.165) is 32.5 Å². The van der Waals surface area contributed by atoms with Gasteiger partial charge in [-0.25, -0.2) is 13.8 Å². The molecule has 1 N–H and O–H groups in total. The lowest BCUT2D eigenvalue weighted by Crippen LogP contribution is -2.39. The summed E-state index contributed by atoms with van der Waals surface area (Å²) in [5.74, 6) is -0.0134. The minimum absolute atomic E-state index is 0.0722. The summed E-state index contributed by atoms with van der Waals surface area (Å²) in [6.07, 6.45) is 1.52. The van der Waals surface area contributed by atoms with Gasteiger partial charge < -0.3 is 9.30 Å². The Bertz CT molecular complexity index is 1680. The number of hydrazone groups is 1. The number of anilines is 1. The Morgan fingerprint density at radius 2 is 1.66 bits per heavy atom. The molecule has 0 aliphatic heterocycles. The molecule has 4 aromatic rings.